The van der Waals surface area contributed by atoms with Gasteiger partial charge in [0.05, 0.1) is 20.3 Å². The standard InChI is InChI=1S/C7H8INO3/c1-11-5-3-7(8)9(10)4-6(5)12-2/h3-4H,1-2H3. The van der Waals surface area contributed by atoms with Crippen molar-refractivity contribution in [3.63, 3.8) is 0 Å². The van der Waals surface area contributed by atoms with Crippen molar-refractivity contribution < 1.29 is 14.2 Å². The molecule has 0 aromatic carbocycles. The second kappa shape index (κ2) is 3.79. The molecule has 66 valence electrons. The van der Waals surface area contributed by atoms with Gasteiger partial charge in [0, 0.05) is 22.6 Å². The molecule has 1 rings (SSSR count). The van der Waals surface area contributed by atoms with Crippen LogP contribution in [-0.2, 0) is 0 Å². The average Bonchev–Trinajstić information content (AvgIpc) is 2.09. The molecule has 0 aliphatic heterocycles. The summed E-state index contributed by atoms with van der Waals surface area (Å²) in [6.45, 7) is 0. The smallest absolute Gasteiger partial charge is 0.256 e. The van der Waals surface area contributed by atoms with Crippen molar-refractivity contribution in [2.45, 2.75) is 0 Å². The number of nitrogens with zero attached hydrogens (tertiary/aromatic N) is 1. The predicted molar refractivity (Wildman–Crippen MR) is 51.2 cm³/mol. The molecule has 0 aliphatic carbocycles. The van der Waals surface area contributed by atoms with Crippen LogP contribution in [0.4, 0.5) is 0 Å². The predicted octanol–water partition coefficient (Wildman–Crippen LogP) is 0.942. The fourth-order valence-electron chi connectivity index (χ4n) is 0.788. The minimum Gasteiger partial charge on any atom is -0.618 e. The zero-order chi connectivity index (χ0) is 9.14. The van der Waals surface area contributed by atoms with Gasteiger partial charge in [-0.1, -0.05) is 0 Å². The number of methoxy groups -OCH3 is 2. The van der Waals surface area contributed by atoms with Crippen LogP contribution in [0.25, 0.3) is 0 Å². The van der Waals surface area contributed by atoms with E-state index in [1.165, 1.54) is 20.4 Å². The monoisotopic (exact) mass is 281 g/mol. The number of halogens is 1. The van der Waals surface area contributed by atoms with Gasteiger partial charge in [0.15, 0.2) is 5.75 Å². The van der Waals surface area contributed by atoms with Gasteiger partial charge in [0.2, 0.25) is 11.9 Å². The molecule has 0 unspecified atom stereocenters. The molecule has 0 saturated heterocycles. The zero-order valence-corrected chi connectivity index (χ0v) is 8.86. The molecule has 0 fully saturated rings. The summed E-state index contributed by atoms with van der Waals surface area (Å²) >= 11 is 1.92. The molecule has 0 saturated carbocycles. The molecule has 0 aliphatic rings. The molecule has 0 bridgehead atoms. The van der Waals surface area contributed by atoms with Gasteiger partial charge in [-0.25, -0.2) is 0 Å². The molecule has 0 amide bonds. The number of hydrogen-bond acceptors (Lipinski definition) is 3. The molecular weight excluding hydrogens is 273 g/mol. The third-order valence-corrected chi connectivity index (χ3v) is 2.16. The van der Waals surface area contributed by atoms with E-state index < -0.39 is 0 Å². The Hall–Kier alpha value is -0.720. The number of ether oxygens (including phenoxy) is 2. The molecule has 4 nitrogen and oxygen atoms in total. The Kier molecular flexibility index (Phi) is 2.96. The summed E-state index contributed by atoms with van der Waals surface area (Å²) < 4.78 is 11.2. The van der Waals surface area contributed by atoms with Crippen LogP contribution in [-0.4, -0.2) is 14.2 Å². The number of rotatable bonds is 2. The summed E-state index contributed by atoms with van der Waals surface area (Å²) in [6.07, 6.45) is 1.33. The Balaban J connectivity index is 3.19. The van der Waals surface area contributed by atoms with Crippen LogP contribution in [0, 0.1) is 8.91 Å². The third-order valence-electron chi connectivity index (χ3n) is 1.38. The Labute approximate surface area is 83.8 Å². The van der Waals surface area contributed by atoms with Crippen molar-refractivity contribution >= 4 is 22.6 Å². The molecule has 0 spiro atoms. The minimum atomic E-state index is 0.438. The Morgan fingerprint density at radius 2 is 1.92 bits per heavy atom. The molecule has 12 heavy (non-hydrogen) atoms. The van der Waals surface area contributed by atoms with Gasteiger partial charge in [-0.2, -0.15) is 4.73 Å². The first-order chi connectivity index (χ1) is 5.69. The largest absolute Gasteiger partial charge is 0.618 e. The summed E-state index contributed by atoms with van der Waals surface area (Å²) in [5.74, 6) is 1.00. The van der Waals surface area contributed by atoms with Crippen LogP contribution in [0.1, 0.15) is 0 Å². The molecular formula is C7H8INO3. The third kappa shape index (κ3) is 1.71. The molecule has 0 atom stereocenters. The van der Waals surface area contributed by atoms with Gasteiger partial charge in [0.1, 0.15) is 0 Å². The van der Waals surface area contributed by atoms with Crippen LogP contribution >= 0.6 is 22.6 Å². The van der Waals surface area contributed by atoms with Crippen molar-refractivity contribution in [2.24, 2.45) is 0 Å². The van der Waals surface area contributed by atoms with E-state index in [1.54, 1.807) is 6.07 Å². The van der Waals surface area contributed by atoms with E-state index >= 15 is 0 Å². The van der Waals surface area contributed by atoms with E-state index in [-0.39, 0.29) is 0 Å². The highest BCUT2D eigenvalue weighted by molar-refractivity contribution is 14.1. The van der Waals surface area contributed by atoms with Crippen LogP contribution in [0.3, 0.4) is 0 Å². The minimum absolute atomic E-state index is 0.438. The Bertz CT molecular complexity index is 261. The van der Waals surface area contributed by atoms with Crippen molar-refractivity contribution in [2.75, 3.05) is 14.2 Å². The molecule has 0 radical (unpaired) electrons. The summed E-state index contributed by atoms with van der Waals surface area (Å²) in [7, 11) is 3.02. The Morgan fingerprint density at radius 1 is 1.33 bits per heavy atom. The lowest BCUT2D eigenvalue weighted by Gasteiger charge is -2.06. The van der Waals surface area contributed by atoms with E-state index in [1.807, 2.05) is 22.6 Å². The van der Waals surface area contributed by atoms with Crippen molar-refractivity contribution in [1.82, 2.24) is 0 Å². The van der Waals surface area contributed by atoms with Gasteiger partial charge < -0.3 is 14.7 Å². The number of hydrogen-bond donors (Lipinski definition) is 0. The first-order valence-corrected chi connectivity index (χ1v) is 4.27. The normalized spacial score (nSPS) is 9.58. The zero-order valence-electron chi connectivity index (χ0n) is 6.70. The lowest BCUT2D eigenvalue weighted by molar-refractivity contribution is -0.619. The lowest BCUT2D eigenvalue weighted by atomic mass is 10.4. The highest BCUT2D eigenvalue weighted by Crippen LogP contribution is 2.25. The van der Waals surface area contributed by atoms with Crippen molar-refractivity contribution in [3.8, 4) is 11.5 Å². The molecule has 1 aromatic heterocycles. The maximum absolute atomic E-state index is 11.0. The van der Waals surface area contributed by atoms with E-state index in [4.69, 9.17) is 9.47 Å². The van der Waals surface area contributed by atoms with Crippen molar-refractivity contribution in [3.05, 3.63) is 21.2 Å². The second-order valence-electron chi connectivity index (χ2n) is 2.06. The second-order valence-corrected chi connectivity index (χ2v) is 3.16. The highest BCUT2D eigenvalue weighted by atomic mass is 127. The fraction of sp³-hybridized carbons (Fsp3) is 0.286. The number of aromatic nitrogens is 1. The van der Waals surface area contributed by atoms with Gasteiger partial charge in [-0.3, -0.25) is 0 Å². The van der Waals surface area contributed by atoms with Crippen LogP contribution in [0.2, 0.25) is 0 Å². The van der Waals surface area contributed by atoms with E-state index in [9.17, 15) is 5.21 Å². The fourth-order valence-corrected chi connectivity index (χ4v) is 1.21. The molecule has 1 heterocycles. The summed E-state index contributed by atoms with van der Waals surface area (Å²) in [4.78, 5) is 0. The quantitative estimate of drug-likeness (QED) is 0.351. The topological polar surface area (TPSA) is 45.4 Å². The maximum Gasteiger partial charge on any atom is 0.256 e. The SMILES string of the molecule is COc1cc(I)[n+]([O-])cc1OC. The first kappa shape index (κ1) is 9.37. The van der Waals surface area contributed by atoms with Gasteiger partial charge in [-0.05, 0) is 0 Å². The van der Waals surface area contributed by atoms with Crippen LogP contribution in [0.5, 0.6) is 11.5 Å². The molecule has 0 N–H and O–H groups in total. The molecule has 5 heteroatoms. The van der Waals surface area contributed by atoms with E-state index in [2.05, 4.69) is 0 Å². The van der Waals surface area contributed by atoms with Gasteiger partial charge in [-0.15, -0.1) is 0 Å². The Morgan fingerprint density at radius 3 is 2.42 bits per heavy atom. The summed E-state index contributed by atoms with van der Waals surface area (Å²) in [6, 6.07) is 1.62. The summed E-state index contributed by atoms with van der Waals surface area (Å²) in [5, 5.41) is 11.0. The average molecular weight is 281 g/mol. The van der Waals surface area contributed by atoms with Crippen LogP contribution in [0.15, 0.2) is 12.3 Å². The van der Waals surface area contributed by atoms with E-state index in [0.717, 1.165) is 4.73 Å². The first-order valence-electron chi connectivity index (χ1n) is 3.19. The number of pyridine rings is 1. The lowest BCUT2D eigenvalue weighted by Crippen LogP contribution is -2.29. The van der Waals surface area contributed by atoms with Gasteiger partial charge in [0.25, 0.3) is 3.70 Å². The highest BCUT2D eigenvalue weighted by Gasteiger charge is 2.11. The van der Waals surface area contributed by atoms with Crippen molar-refractivity contribution in [1.29, 1.82) is 0 Å². The molecule has 1 aromatic rings. The summed E-state index contributed by atoms with van der Waals surface area (Å²) in [5.41, 5.74) is 0. The van der Waals surface area contributed by atoms with Crippen LogP contribution < -0.4 is 14.2 Å². The van der Waals surface area contributed by atoms with Gasteiger partial charge >= 0.3 is 0 Å². The maximum atomic E-state index is 11.0. The van der Waals surface area contributed by atoms with E-state index in [0.29, 0.717) is 15.2 Å².